The lowest BCUT2D eigenvalue weighted by Gasteiger charge is -2.08. The summed E-state index contributed by atoms with van der Waals surface area (Å²) in [5.41, 5.74) is 5.69. The zero-order valence-corrected chi connectivity index (χ0v) is 10.7. The SMILES string of the molecule is COc1cc(Oc2ccc(C(N)=O)nc2)ccc1C=O. The van der Waals surface area contributed by atoms with Gasteiger partial charge in [-0.2, -0.15) is 0 Å². The second-order valence-corrected chi connectivity index (χ2v) is 3.87. The van der Waals surface area contributed by atoms with E-state index in [9.17, 15) is 9.59 Å². The van der Waals surface area contributed by atoms with Crippen molar-refractivity contribution in [3.63, 3.8) is 0 Å². The van der Waals surface area contributed by atoms with Crippen molar-refractivity contribution < 1.29 is 19.1 Å². The minimum Gasteiger partial charge on any atom is -0.496 e. The Morgan fingerprint density at radius 3 is 2.55 bits per heavy atom. The average Bonchev–Trinajstić information content (AvgIpc) is 2.47. The lowest BCUT2D eigenvalue weighted by atomic mass is 10.2. The highest BCUT2D eigenvalue weighted by Gasteiger charge is 2.06. The second-order valence-electron chi connectivity index (χ2n) is 3.87. The molecule has 2 rings (SSSR count). The lowest BCUT2D eigenvalue weighted by Crippen LogP contribution is -2.12. The molecular weight excluding hydrogens is 260 g/mol. The molecule has 102 valence electrons. The number of primary amides is 1. The standard InChI is InChI=1S/C14H12N2O4/c1-19-13-6-10(3-2-9(13)8-17)20-11-4-5-12(14(15)18)16-7-11/h2-8H,1H3,(H2,15,18). The Hall–Kier alpha value is -2.89. The van der Waals surface area contributed by atoms with Crippen molar-refractivity contribution >= 4 is 12.2 Å². The van der Waals surface area contributed by atoms with Gasteiger partial charge in [-0.15, -0.1) is 0 Å². The van der Waals surface area contributed by atoms with Crippen molar-refractivity contribution in [2.45, 2.75) is 0 Å². The van der Waals surface area contributed by atoms with Crippen LogP contribution in [0.25, 0.3) is 0 Å². The van der Waals surface area contributed by atoms with E-state index in [1.54, 1.807) is 24.3 Å². The maximum Gasteiger partial charge on any atom is 0.267 e. The molecule has 6 heteroatoms. The first kappa shape index (κ1) is 13.5. The maximum absolute atomic E-state index is 10.9. The van der Waals surface area contributed by atoms with E-state index in [1.165, 1.54) is 19.4 Å². The van der Waals surface area contributed by atoms with E-state index < -0.39 is 5.91 Å². The fraction of sp³-hybridized carbons (Fsp3) is 0.0714. The van der Waals surface area contributed by atoms with Crippen LogP contribution in [0.15, 0.2) is 36.5 Å². The third-order valence-corrected chi connectivity index (χ3v) is 2.56. The number of ether oxygens (including phenoxy) is 2. The fourth-order valence-electron chi connectivity index (χ4n) is 1.57. The number of carbonyl (C=O) groups excluding carboxylic acids is 2. The Kier molecular flexibility index (Phi) is 3.95. The number of nitrogens with two attached hydrogens (primary N) is 1. The minimum atomic E-state index is -0.603. The van der Waals surface area contributed by atoms with Crippen molar-refractivity contribution in [1.82, 2.24) is 4.98 Å². The number of nitrogens with zero attached hydrogens (tertiary/aromatic N) is 1. The molecule has 0 fully saturated rings. The van der Waals surface area contributed by atoms with E-state index in [1.807, 2.05) is 0 Å². The first-order valence-electron chi connectivity index (χ1n) is 5.71. The zero-order chi connectivity index (χ0) is 14.5. The van der Waals surface area contributed by atoms with Crippen molar-refractivity contribution in [2.75, 3.05) is 7.11 Å². The summed E-state index contributed by atoms with van der Waals surface area (Å²) in [5, 5.41) is 0. The Labute approximate surface area is 115 Å². The van der Waals surface area contributed by atoms with Crippen LogP contribution in [0.2, 0.25) is 0 Å². The lowest BCUT2D eigenvalue weighted by molar-refractivity contribution is 0.0995. The monoisotopic (exact) mass is 272 g/mol. The molecule has 0 saturated heterocycles. The minimum absolute atomic E-state index is 0.159. The van der Waals surface area contributed by atoms with Gasteiger partial charge in [0.25, 0.3) is 5.91 Å². The predicted molar refractivity (Wildman–Crippen MR) is 71.2 cm³/mol. The Balaban J connectivity index is 2.21. The first-order valence-corrected chi connectivity index (χ1v) is 5.71. The maximum atomic E-state index is 10.9. The van der Waals surface area contributed by atoms with Crippen LogP contribution in [-0.4, -0.2) is 24.3 Å². The number of benzene rings is 1. The van der Waals surface area contributed by atoms with Gasteiger partial charge >= 0.3 is 0 Å². The van der Waals surface area contributed by atoms with Gasteiger partial charge in [-0.3, -0.25) is 9.59 Å². The van der Waals surface area contributed by atoms with Gasteiger partial charge in [0.2, 0.25) is 0 Å². The van der Waals surface area contributed by atoms with Crippen LogP contribution >= 0.6 is 0 Å². The summed E-state index contributed by atoms with van der Waals surface area (Å²) < 4.78 is 10.6. The van der Waals surface area contributed by atoms with Gasteiger partial charge in [-0.05, 0) is 24.3 Å². The zero-order valence-electron chi connectivity index (χ0n) is 10.7. The molecule has 0 radical (unpaired) electrons. The summed E-state index contributed by atoms with van der Waals surface area (Å²) in [6, 6.07) is 7.86. The Morgan fingerprint density at radius 2 is 2.00 bits per heavy atom. The van der Waals surface area contributed by atoms with Crippen LogP contribution in [0.5, 0.6) is 17.2 Å². The highest BCUT2D eigenvalue weighted by atomic mass is 16.5. The molecule has 1 aromatic carbocycles. The predicted octanol–water partition coefficient (Wildman–Crippen LogP) is 1.79. The number of pyridine rings is 1. The molecule has 1 aromatic heterocycles. The molecule has 0 spiro atoms. The number of rotatable bonds is 5. The van der Waals surface area contributed by atoms with Crippen LogP contribution in [0.4, 0.5) is 0 Å². The first-order chi connectivity index (χ1) is 9.63. The summed E-state index contributed by atoms with van der Waals surface area (Å²) in [4.78, 5) is 25.5. The number of carbonyl (C=O) groups is 2. The van der Waals surface area contributed by atoms with E-state index in [0.29, 0.717) is 29.1 Å². The van der Waals surface area contributed by atoms with Crippen LogP contribution in [-0.2, 0) is 0 Å². The van der Waals surface area contributed by atoms with Crippen LogP contribution in [0.1, 0.15) is 20.8 Å². The molecule has 2 N–H and O–H groups in total. The molecule has 0 aliphatic heterocycles. The van der Waals surface area contributed by atoms with Crippen LogP contribution < -0.4 is 15.2 Å². The van der Waals surface area contributed by atoms with Gasteiger partial charge in [0.1, 0.15) is 22.9 Å². The van der Waals surface area contributed by atoms with Crippen LogP contribution in [0.3, 0.4) is 0 Å². The number of hydrogen-bond acceptors (Lipinski definition) is 5. The molecule has 20 heavy (non-hydrogen) atoms. The molecule has 0 saturated carbocycles. The molecule has 1 amide bonds. The molecular formula is C14H12N2O4. The topological polar surface area (TPSA) is 91.5 Å². The van der Waals surface area contributed by atoms with E-state index in [-0.39, 0.29) is 5.69 Å². The summed E-state index contributed by atoms with van der Waals surface area (Å²) >= 11 is 0. The van der Waals surface area contributed by atoms with E-state index >= 15 is 0 Å². The second kappa shape index (κ2) is 5.83. The molecule has 0 bridgehead atoms. The summed E-state index contributed by atoms with van der Waals surface area (Å²) in [6.45, 7) is 0. The van der Waals surface area contributed by atoms with Crippen molar-refractivity contribution in [3.8, 4) is 17.2 Å². The van der Waals surface area contributed by atoms with Crippen molar-refractivity contribution in [2.24, 2.45) is 5.73 Å². The third-order valence-electron chi connectivity index (χ3n) is 2.56. The highest BCUT2D eigenvalue weighted by Crippen LogP contribution is 2.27. The molecule has 2 aromatic rings. The number of hydrogen-bond donors (Lipinski definition) is 1. The van der Waals surface area contributed by atoms with Gasteiger partial charge < -0.3 is 15.2 Å². The molecule has 0 aliphatic rings. The molecule has 0 unspecified atom stereocenters. The smallest absolute Gasteiger partial charge is 0.267 e. The number of methoxy groups -OCH3 is 1. The molecule has 0 aliphatic carbocycles. The van der Waals surface area contributed by atoms with E-state index in [4.69, 9.17) is 15.2 Å². The van der Waals surface area contributed by atoms with Crippen molar-refractivity contribution in [3.05, 3.63) is 47.8 Å². The van der Waals surface area contributed by atoms with Gasteiger partial charge in [0, 0.05) is 6.07 Å². The van der Waals surface area contributed by atoms with Gasteiger partial charge in [0.05, 0.1) is 18.9 Å². The van der Waals surface area contributed by atoms with Gasteiger partial charge in [0.15, 0.2) is 6.29 Å². The van der Waals surface area contributed by atoms with Gasteiger partial charge in [-0.25, -0.2) is 4.98 Å². The number of aldehydes is 1. The molecule has 1 heterocycles. The fourth-order valence-corrected chi connectivity index (χ4v) is 1.57. The normalized spacial score (nSPS) is 9.85. The summed E-state index contributed by atoms with van der Waals surface area (Å²) in [6.07, 6.45) is 2.09. The van der Waals surface area contributed by atoms with E-state index in [0.717, 1.165) is 0 Å². The van der Waals surface area contributed by atoms with Gasteiger partial charge in [-0.1, -0.05) is 0 Å². The number of amides is 1. The van der Waals surface area contributed by atoms with Crippen LogP contribution in [0, 0.1) is 0 Å². The molecule has 0 atom stereocenters. The molecule has 6 nitrogen and oxygen atoms in total. The third kappa shape index (κ3) is 2.92. The van der Waals surface area contributed by atoms with Crippen molar-refractivity contribution in [1.29, 1.82) is 0 Å². The average molecular weight is 272 g/mol. The largest absolute Gasteiger partial charge is 0.496 e. The quantitative estimate of drug-likeness (QED) is 0.838. The summed E-state index contributed by atoms with van der Waals surface area (Å²) in [5.74, 6) is 0.741. The Bertz CT molecular complexity index is 638. The highest BCUT2D eigenvalue weighted by molar-refractivity contribution is 5.90. The number of aromatic nitrogens is 1. The summed E-state index contributed by atoms with van der Waals surface area (Å²) in [7, 11) is 1.47. The van der Waals surface area contributed by atoms with E-state index in [2.05, 4.69) is 4.98 Å². The Morgan fingerprint density at radius 1 is 1.25 bits per heavy atom.